The van der Waals surface area contributed by atoms with Crippen LogP contribution < -0.4 is 10.1 Å². The van der Waals surface area contributed by atoms with Gasteiger partial charge in [-0.2, -0.15) is 0 Å². The topological polar surface area (TPSA) is 84.4 Å². The molecular formula is C27H23FN4O3. The predicted octanol–water partition coefficient (Wildman–Crippen LogP) is 4.65. The molecule has 7 nitrogen and oxygen atoms in total. The second-order valence-electron chi connectivity index (χ2n) is 7.68. The molecule has 0 saturated carbocycles. The number of amides is 2. The van der Waals surface area contributed by atoms with Crippen molar-refractivity contribution < 1.29 is 18.7 Å². The summed E-state index contributed by atoms with van der Waals surface area (Å²) < 4.78 is 18.8. The molecule has 0 spiro atoms. The van der Waals surface area contributed by atoms with E-state index in [9.17, 15) is 14.0 Å². The Morgan fingerprint density at radius 3 is 2.46 bits per heavy atom. The van der Waals surface area contributed by atoms with Crippen LogP contribution in [0.5, 0.6) is 5.75 Å². The monoisotopic (exact) mass is 470 g/mol. The van der Waals surface area contributed by atoms with Gasteiger partial charge in [0.25, 0.3) is 11.8 Å². The Bertz CT molecular complexity index is 1280. The summed E-state index contributed by atoms with van der Waals surface area (Å²) in [6.07, 6.45) is 4.26. The number of halogens is 1. The minimum absolute atomic E-state index is 0.103. The number of aromatic nitrogens is 2. The Labute approximate surface area is 202 Å². The molecule has 0 bridgehead atoms. The fourth-order valence-electron chi connectivity index (χ4n) is 3.65. The third-order valence-electron chi connectivity index (χ3n) is 5.32. The van der Waals surface area contributed by atoms with Crippen molar-refractivity contribution in [2.75, 3.05) is 12.4 Å². The van der Waals surface area contributed by atoms with Gasteiger partial charge in [0, 0.05) is 24.6 Å². The summed E-state index contributed by atoms with van der Waals surface area (Å²) in [5, 5.41) is 2.80. The van der Waals surface area contributed by atoms with Gasteiger partial charge >= 0.3 is 0 Å². The molecule has 1 aromatic heterocycles. The van der Waals surface area contributed by atoms with E-state index in [0.29, 0.717) is 17.0 Å². The summed E-state index contributed by atoms with van der Waals surface area (Å²) in [6.45, 7) is 0.134. The van der Waals surface area contributed by atoms with Gasteiger partial charge in [-0.1, -0.05) is 42.5 Å². The average molecular weight is 471 g/mol. The largest absolute Gasteiger partial charge is 0.497 e. The Hall–Kier alpha value is -4.59. The quantitative estimate of drug-likeness (QED) is 0.405. The van der Waals surface area contributed by atoms with E-state index in [2.05, 4.69) is 15.3 Å². The molecule has 0 radical (unpaired) electrons. The minimum atomic E-state index is -1.05. The van der Waals surface area contributed by atoms with Crippen molar-refractivity contribution in [2.24, 2.45) is 0 Å². The van der Waals surface area contributed by atoms with Crippen molar-refractivity contribution in [2.45, 2.75) is 12.6 Å². The van der Waals surface area contributed by atoms with Crippen LogP contribution in [0, 0.1) is 5.82 Å². The number of hydrogen-bond acceptors (Lipinski definition) is 5. The second-order valence-corrected chi connectivity index (χ2v) is 7.68. The zero-order valence-electron chi connectivity index (χ0n) is 19.0. The van der Waals surface area contributed by atoms with Crippen LogP contribution in [-0.2, 0) is 11.3 Å². The SMILES string of the molecule is COc1cccc([C@@H](C(=O)Nc2ccc(F)cc2)N(Cc2ccccc2)C(=O)c2cnccn2)c1. The highest BCUT2D eigenvalue weighted by molar-refractivity contribution is 6.00. The lowest BCUT2D eigenvalue weighted by molar-refractivity contribution is -0.121. The fraction of sp³-hybridized carbons (Fsp3) is 0.111. The Kier molecular flexibility index (Phi) is 7.42. The number of carbonyl (C=O) groups is 2. The summed E-state index contributed by atoms with van der Waals surface area (Å²) >= 11 is 0. The lowest BCUT2D eigenvalue weighted by Gasteiger charge is -2.31. The van der Waals surface area contributed by atoms with Gasteiger partial charge in [-0.15, -0.1) is 0 Å². The van der Waals surface area contributed by atoms with Gasteiger partial charge in [0.15, 0.2) is 0 Å². The third-order valence-corrected chi connectivity index (χ3v) is 5.32. The number of methoxy groups -OCH3 is 1. The first kappa shape index (κ1) is 23.6. The zero-order chi connectivity index (χ0) is 24.6. The van der Waals surface area contributed by atoms with Crippen LogP contribution in [0.3, 0.4) is 0 Å². The van der Waals surface area contributed by atoms with Crippen molar-refractivity contribution in [1.82, 2.24) is 14.9 Å². The molecule has 2 amide bonds. The lowest BCUT2D eigenvalue weighted by atomic mass is 10.0. The van der Waals surface area contributed by atoms with E-state index in [1.807, 2.05) is 30.3 Å². The Balaban J connectivity index is 1.79. The molecule has 1 heterocycles. The first-order valence-electron chi connectivity index (χ1n) is 10.9. The zero-order valence-corrected chi connectivity index (χ0v) is 19.0. The number of hydrogen-bond donors (Lipinski definition) is 1. The molecule has 4 rings (SSSR count). The van der Waals surface area contributed by atoms with Crippen LogP contribution in [0.25, 0.3) is 0 Å². The molecule has 1 N–H and O–H groups in total. The molecule has 8 heteroatoms. The van der Waals surface area contributed by atoms with Crippen molar-refractivity contribution in [3.8, 4) is 5.75 Å². The molecule has 0 aliphatic rings. The number of benzene rings is 3. The molecule has 0 aliphatic carbocycles. The summed E-state index contributed by atoms with van der Waals surface area (Å²) in [7, 11) is 1.53. The molecule has 35 heavy (non-hydrogen) atoms. The van der Waals surface area contributed by atoms with Gasteiger partial charge in [-0.05, 0) is 47.5 Å². The van der Waals surface area contributed by atoms with Crippen LogP contribution in [0.4, 0.5) is 10.1 Å². The highest BCUT2D eigenvalue weighted by Gasteiger charge is 2.33. The smallest absolute Gasteiger partial charge is 0.275 e. The molecule has 3 aromatic carbocycles. The van der Waals surface area contributed by atoms with Gasteiger partial charge in [0.1, 0.15) is 23.3 Å². The van der Waals surface area contributed by atoms with Crippen LogP contribution in [0.15, 0.2) is 97.5 Å². The van der Waals surface area contributed by atoms with Gasteiger partial charge in [0.05, 0.1) is 13.3 Å². The van der Waals surface area contributed by atoms with Crippen LogP contribution in [0.2, 0.25) is 0 Å². The van der Waals surface area contributed by atoms with Crippen molar-refractivity contribution in [3.05, 3.63) is 120 Å². The molecule has 0 unspecified atom stereocenters. The first-order valence-corrected chi connectivity index (χ1v) is 10.9. The van der Waals surface area contributed by atoms with E-state index in [1.54, 1.807) is 24.3 Å². The standard InChI is InChI=1S/C27H23FN4O3/c1-35-23-9-5-8-20(16-23)25(26(33)31-22-12-10-21(28)11-13-22)32(18-19-6-3-2-4-7-19)27(34)24-17-29-14-15-30-24/h2-17,25H,18H2,1H3,(H,31,33)/t25-/m0/s1. The molecule has 176 valence electrons. The van der Waals surface area contributed by atoms with E-state index in [-0.39, 0.29) is 12.2 Å². The van der Waals surface area contributed by atoms with Gasteiger partial charge < -0.3 is 15.0 Å². The van der Waals surface area contributed by atoms with Crippen LogP contribution in [0.1, 0.15) is 27.7 Å². The number of carbonyl (C=O) groups excluding carboxylic acids is 2. The predicted molar refractivity (Wildman–Crippen MR) is 129 cm³/mol. The highest BCUT2D eigenvalue weighted by atomic mass is 19.1. The maximum Gasteiger partial charge on any atom is 0.275 e. The second kappa shape index (κ2) is 11.0. The summed E-state index contributed by atoms with van der Waals surface area (Å²) in [4.78, 5) is 37.0. The van der Waals surface area contributed by atoms with E-state index < -0.39 is 23.7 Å². The molecule has 4 aromatic rings. The molecular weight excluding hydrogens is 447 g/mol. The molecule has 0 fully saturated rings. The Morgan fingerprint density at radius 1 is 1.00 bits per heavy atom. The van der Waals surface area contributed by atoms with Gasteiger partial charge in [0.2, 0.25) is 0 Å². The summed E-state index contributed by atoms with van der Waals surface area (Å²) in [5.74, 6) is -0.827. The number of ether oxygens (including phenoxy) is 1. The Morgan fingerprint density at radius 2 is 1.77 bits per heavy atom. The minimum Gasteiger partial charge on any atom is -0.497 e. The summed E-state index contributed by atoms with van der Waals surface area (Å²) in [5.41, 5.74) is 1.87. The molecule has 1 atom stereocenters. The fourth-order valence-corrected chi connectivity index (χ4v) is 3.65. The molecule has 0 aliphatic heterocycles. The normalized spacial score (nSPS) is 11.4. The lowest BCUT2D eigenvalue weighted by Crippen LogP contribution is -2.41. The first-order chi connectivity index (χ1) is 17.0. The third kappa shape index (κ3) is 5.86. The van der Waals surface area contributed by atoms with E-state index in [4.69, 9.17) is 4.74 Å². The van der Waals surface area contributed by atoms with Crippen LogP contribution in [-0.4, -0.2) is 33.8 Å². The van der Waals surface area contributed by atoms with Crippen molar-refractivity contribution >= 4 is 17.5 Å². The highest BCUT2D eigenvalue weighted by Crippen LogP contribution is 2.29. The molecule has 0 saturated heterocycles. The van der Waals surface area contributed by atoms with Gasteiger partial charge in [-0.25, -0.2) is 9.37 Å². The maximum atomic E-state index is 13.7. The van der Waals surface area contributed by atoms with Crippen molar-refractivity contribution in [3.63, 3.8) is 0 Å². The number of nitrogens with one attached hydrogen (secondary N) is 1. The summed E-state index contributed by atoms with van der Waals surface area (Å²) in [6, 6.07) is 20.7. The van der Waals surface area contributed by atoms with Gasteiger partial charge in [-0.3, -0.25) is 14.6 Å². The van der Waals surface area contributed by atoms with E-state index in [0.717, 1.165) is 5.56 Å². The number of nitrogens with zero attached hydrogens (tertiary/aromatic N) is 3. The maximum absolute atomic E-state index is 13.7. The average Bonchev–Trinajstić information content (AvgIpc) is 2.90. The number of anilines is 1. The number of rotatable bonds is 8. The van der Waals surface area contributed by atoms with Crippen LogP contribution >= 0.6 is 0 Å². The van der Waals surface area contributed by atoms with Crippen molar-refractivity contribution in [1.29, 1.82) is 0 Å². The van der Waals surface area contributed by atoms with E-state index in [1.165, 1.54) is 54.9 Å². The van der Waals surface area contributed by atoms with E-state index >= 15 is 0 Å².